The quantitative estimate of drug-likeness (QED) is 0.745. The van der Waals surface area contributed by atoms with Crippen LogP contribution in [0.4, 0.5) is 0 Å². The minimum Gasteiger partial charge on any atom is -0.481 e. The van der Waals surface area contributed by atoms with Gasteiger partial charge in [0.2, 0.25) is 0 Å². The van der Waals surface area contributed by atoms with E-state index in [4.69, 9.17) is 0 Å². The van der Waals surface area contributed by atoms with E-state index in [1.54, 1.807) is 11.4 Å². The second-order valence-electron chi connectivity index (χ2n) is 4.11. The summed E-state index contributed by atoms with van der Waals surface area (Å²) in [5.74, 6) is -1.06. The molecule has 0 aliphatic rings. The van der Waals surface area contributed by atoms with Crippen LogP contribution in [-0.4, -0.2) is 23.5 Å². The number of nitrogens with one attached hydrogen (secondary N) is 1. The standard InChI is InChI=1S/C12H16INO3S/c1-3-12(4-2,11(16)17)7-14-10(15)8-5-9(13)18-6-8/h5-6H,3-4,7H2,1-2H3,(H,14,15)(H,16,17). The summed E-state index contributed by atoms with van der Waals surface area (Å²) in [7, 11) is 0. The molecule has 100 valence electrons. The Morgan fingerprint density at radius 1 is 1.44 bits per heavy atom. The van der Waals surface area contributed by atoms with Crippen LogP contribution < -0.4 is 5.32 Å². The minimum absolute atomic E-state index is 0.167. The van der Waals surface area contributed by atoms with Crippen LogP contribution in [0.15, 0.2) is 11.4 Å². The van der Waals surface area contributed by atoms with Gasteiger partial charge in [0.25, 0.3) is 5.91 Å². The summed E-state index contributed by atoms with van der Waals surface area (Å²) in [6.07, 6.45) is 1.00. The van der Waals surface area contributed by atoms with E-state index in [1.165, 1.54) is 11.3 Å². The lowest BCUT2D eigenvalue weighted by Gasteiger charge is -2.26. The number of thiophene rings is 1. The van der Waals surface area contributed by atoms with Crippen LogP contribution in [0.2, 0.25) is 0 Å². The fraction of sp³-hybridized carbons (Fsp3) is 0.500. The number of hydrogen-bond donors (Lipinski definition) is 2. The van der Waals surface area contributed by atoms with Crippen molar-refractivity contribution < 1.29 is 14.7 Å². The van der Waals surface area contributed by atoms with Gasteiger partial charge in [-0.05, 0) is 41.5 Å². The van der Waals surface area contributed by atoms with Gasteiger partial charge in [0, 0.05) is 11.9 Å². The van der Waals surface area contributed by atoms with Gasteiger partial charge in [0.1, 0.15) is 0 Å². The van der Waals surface area contributed by atoms with Crippen molar-refractivity contribution in [2.75, 3.05) is 6.54 Å². The third-order valence-corrected chi connectivity index (χ3v) is 5.01. The van der Waals surface area contributed by atoms with Gasteiger partial charge in [0.05, 0.1) is 13.9 Å². The molecule has 0 unspecified atom stereocenters. The van der Waals surface area contributed by atoms with Crippen molar-refractivity contribution in [3.63, 3.8) is 0 Å². The average molecular weight is 381 g/mol. The number of rotatable bonds is 6. The van der Waals surface area contributed by atoms with Crippen molar-refractivity contribution in [2.45, 2.75) is 26.7 Å². The van der Waals surface area contributed by atoms with Gasteiger partial charge in [-0.2, -0.15) is 0 Å². The van der Waals surface area contributed by atoms with Gasteiger partial charge < -0.3 is 10.4 Å². The molecular weight excluding hydrogens is 365 g/mol. The first kappa shape index (κ1) is 15.4. The molecule has 0 saturated heterocycles. The molecule has 0 saturated carbocycles. The van der Waals surface area contributed by atoms with Gasteiger partial charge >= 0.3 is 5.97 Å². The number of carboxylic acid groups (broad SMARTS) is 1. The van der Waals surface area contributed by atoms with Gasteiger partial charge in [0.15, 0.2) is 0 Å². The summed E-state index contributed by atoms with van der Waals surface area (Å²) in [4.78, 5) is 23.1. The molecule has 0 aliphatic heterocycles. The smallest absolute Gasteiger partial charge is 0.311 e. The first-order chi connectivity index (χ1) is 8.45. The predicted octanol–water partition coefficient (Wildman–Crippen LogP) is 2.97. The fourth-order valence-electron chi connectivity index (χ4n) is 1.66. The Balaban J connectivity index is 2.69. The van der Waals surface area contributed by atoms with Crippen LogP contribution in [0, 0.1) is 8.30 Å². The molecule has 1 heterocycles. The first-order valence-corrected chi connectivity index (χ1v) is 7.66. The number of aliphatic carboxylic acids is 1. The van der Waals surface area contributed by atoms with Crippen molar-refractivity contribution in [1.82, 2.24) is 5.32 Å². The lowest BCUT2D eigenvalue weighted by Crippen LogP contribution is -2.42. The Hall–Kier alpha value is -0.630. The summed E-state index contributed by atoms with van der Waals surface area (Å²) in [5.41, 5.74) is -0.269. The molecule has 0 bridgehead atoms. The second-order valence-corrected chi connectivity index (χ2v) is 6.92. The van der Waals surface area contributed by atoms with Crippen LogP contribution in [-0.2, 0) is 4.79 Å². The average Bonchev–Trinajstić information content (AvgIpc) is 2.77. The number of hydrogen-bond acceptors (Lipinski definition) is 3. The lowest BCUT2D eigenvalue weighted by atomic mass is 9.82. The number of halogens is 1. The van der Waals surface area contributed by atoms with Crippen LogP contribution in [0.25, 0.3) is 0 Å². The maximum atomic E-state index is 11.9. The highest BCUT2D eigenvalue weighted by molar-refractivity contribution is 14.1. The molecule has 0 radical (unpaired) electrons. The highest BCUT2D eigenvalue weighted by Gasteiger charge is 2.35. The summed E-state index contributed by atoms with van der Waals surface area (Å²) in [5, 5.41) is 13.8. The van der Waals surface area contributed by atoms with E-state index < -0.39 is 11.4 Å². The van der Waals surface area contributed by atoms with Crippen LogP contribution >= 0.6 is 33.9 Å². The van der Waals surface area contributed by atoms with Crippen LogP contribution in [0.1, 0.15) is 37.0 Å². The van der Waals surface area contributed by atoms with E-state index in [1.807, 2.05) is 13.8 Å². The van der Waals surface area contributed by atoms with Crippen molar-refractivity contribution in [3.05, 3.63) is 19.9 Å². The van der Waals surface area contributed by atoms with E-state index in [0.717, 1.165) is 2.88 Å². The third kappa shape index (κ3) is 3.44. The molecule has 1 aromatic rings. The van der Waals surface area contributed by atoms with Crippen molar-refractivity contribution in [3.8, 4) is 0 Å². The van der Waals surface area contributed by atoms with Gasteiger partial charge in [-0.1, -0.05) is 13.8 Å². The SMILES string of the molecule is CCC(CC)(CNC(=O)c1csc(I)c1)C(=O)O. The predicted molar refractivity (Wildman–Crippen MR) is 80.0 cm³/mol. The summed E-state index contributed by atoms with van der Waals surface area (Å²) < 4.78 is 1.04. The molecule has 4 nitrogen and oxygen atoms in total. The Kier molecular flexibility index (Phi) is 5.58. The van der Waals surface area contributed by atoms with E-state index in [2.05, 4.69) is 27.9 Å². The molecule has 6 heteroatoms. The van der Waals surface area contributed by atoms with Crippen molar-refractivity contribution >= 4 is 45.8 Å². The van der Waals surface area contributed by atoms with E-state index in [9.17, 15) is 14.7 Å². The zero-order chi connectivity index (χ0) is 13.8. The summed E-state index contributed by atoms with van der Waals surface area (Å²) >= 11 is 3.64. The molecule has 0 atom stereocenters. The fourth-order valence-corrected chi connectivity index (χ4v) is 2.99. The topological polar surface area (TPSA) is 66.4 Å². The molecule has 0 aromatic carbocycles. The zero-order valence-electron chi connectivity index (χ0n) is 10.3. The van der Waals surface area contributed by atoms with Crippen LogP contribution in [0.3, 0.4) is 0 Å². The molecule has 2 N–H and O–H groups in total. The van der Waals surface area contributed by atoms with Gasteiger partial charge in [-0.15, -0.1) is 11.3 Å². The molecule has 0 fully saturated rings. The number of carbonyl (C=O) groups is 2. The van der Waals surface area contributed by atoms with Crippen LogP contribution in [0.5, 0.6) is 0 Å². The molecule has 18 heavy (non-hydrogen) atoms. The van der Waals surface area contributed by atoms with E-state index in [-0.39, 0.29) is 12.5 Å². The van der Waals surface area contributed by atoms with Gasteiger partial charge in [-0.3, -0.25) is 9.59 Å². The summed E-state index contributed by atoms with van der Waals surface area (Å²) in [6.45, 7) is 3.83. The maximum absolute atomic E-state index is 11.9. The second kappa shape index (κ2) is 6.51. The molecule has 1 aromatic heterocycles. The normalized spacial score (nSPS) is 11.3. The van der Waals surface area contributed by atoms with E-state index in [0.29, 0.717) is 18.4 Å². The molecule has 1 amide bonds. The van der Waals surface area contributed by atoms with Crippen molar-refractivity contribution in [1.29, 1.82) is 0 Å². The Labute approximate surface area is 124 Å². The molecule has 0 aliphatic carbocycles. The molecule has 0 spiro atoms. The Bertz CT molecular complexity index is 440. The third-order valence-electron chi connectivity index (χ3n) is 3.22. The monoisotopic (exact) mass is 381 g/mol. The largest absolute Gasteiger partial charge is 0.481 e. The minimum atomic E-state index is -0.862. The van der Waals surface area contributed by atoms with Gasteiger partial charge in [-0.25, -0.2) is 0 Å². The molecular formula is C12H16INO3S. The first-order valence-electron chi connectivity index (χ1n) is 5.71. The maximum Gasteiger partial charge on any atom is 0.311 e. The highest BCUT2D eigenvalue weighted by Crippen LogP contribution is 2.26. The van der Waals surface area contributed by atoms with Crippen molar-refractivity contribution in [2.24, 2.45) is 5.41 Å². The number of amides is 1. The number of carbonyl (C=O) groups excluding carboxylic acids is 1. The van der Waals surface area contributed by atoms with E-state index >= 15 is 0 Å². The number of carboxylic acids is 1. The Morgan fingerprint density at radius 3 is 2.44 bits per heavy atom. The lowest BCUT2D eigenvalue weighted by molar-refractivity contribution is -0.149. The summed E-state index contributed by atoms with van der Waals surface area (Å²) in [6, 6.07) is 1.79. The zero-order valence-corrected chi connectivity index (χ0v) is 13.3. The highest BCUT2D eigenvalue weighted by atomic mass is 127. The Morgan fingerprint density at radius 2 is 2.06 bits per heavy atom. The molecule has 1 rings (SSSR count).